The summed E-state index contributed by atoms with van der Waals surface area (Å²) < 4.78 is 7.35. The van der Waals surface area contributed by atoms with Crippen molar-refractivity contribution in [3.63, 3.8) is 0 Å². The van der Waals surface area contributed by atoms with E-state index in [0.717, 1.165) is 27.7 Å². The van der Waals surface area contributed by atoms with Crippen LogP contribution < -0.4 is 5.32 Å². The quantitative estimate of drug-likeness (QED) is 0.660. The van der Waals surface area contributed by atoms with E-state index in [2.05, 4.69) is 16.4 Å². The van der Waals surface area contributed by atoms with E-state index in [-0.39, 0.29) is 12.5 Å². The summed E-state index contributed by atoms with van der Waals surface area (Å²) in [5.41, 5.74) is 3.21. The van der Waals surface area contributed by atoms with E-state index in [9.17, 15) is 10.1 Å². The smallest absolute Gasteiger partial charge is 0.239 e. The predicted molar refractivity (Wildman–Crippen MR) is 108 cm³/mol. The second-order valence-electron chi connectivity index (χ2n) is 6.79. The second-order valence-corrected chi connectivity index (χ2v) is 7.85. The second kappa shape index (κ2) is 8.42. The lowest BCUT2D eigenvalue weighted by atomic mass is 10.2. The van der Waals surface area contributed by atoms with Crippen LogP contribution in [0.2, 0.25) is 0 Å². The van der Waals surface area contributed by atoms with Crippen molar-refractivity contribution in [2.75, 3.05) is 18.9 Å². The first kappa shape index (κ1) is 19.9. The van der Waals surface area contributed by atoms with Crippen molar-refractivity contribution in [1.29, 1.82) is 5.26 Å². The Balaban J connectivity index is 1.75. The molecule has 1 N–H and O–H groups in total. The highest BCUT2D eigenvalue weighted by Crippen LogP contribution is 2.27. The fourth-order valence-electron chi connectivity index (χ4n) is 3.12. The van der Waals surface area contributed by atoms with Crippen LogP contribution in [-0.4, -0.2) is 34.0 Å². The van der Waals surface area contributed by atoms with Crippen molar-refractivity contribution in [2.24, 2.45) is 0 Å². The van der Waals surface area contributed by atoms with E-state index in [1.54, 1.807) is 17.6 Å². The molecule has 0 aromatic carbocycles. The topological polar surface area (TPSA) is 87.1 Å². The lowest BCUT2D eigenvalue weighted by Gasteiger charge is -2.16. The van der Waals surface area contributed by atoms with Crippen LogP contribution in [0.4, 0.5) is 5.82 Å². The van der Waals surface area contributed by atoms with Crippen molar-refractivity contribution < 1.29 is 9.21 Å². The number of hydrogen-bond acceptors (Lipinski definition) is 6. The van der Waals surface area contributed by atoms with Crippen LogP contribution in [0.5, 0.6) is 0 Å². The van der Waals surface area contributed by atoms with E-state index in [4.69, 9.17) is 4.42 Å². The molecule has 3 aromatic rings. The summed E-state index contributed by atoms with van der Waals surface area (Å²) in [5.74, 6) is 1.09. The third-order valence-corrected chi connectivity index (χ3v) is 5.43. The highest BCUT2D eigenvalue weighted by molar-refractivity contribution is 7.09. The molecule has 0 radical (unpaired) electrons. The van der Waals surface area contributed by atoms with Crippen LogP contribution >= 0.6 is 11.3 Å². The molecular weight excluding hydrogens is 374 g/mol. The van der Waals surface area contributed by atoms with Crippen molar-refractivity contribution in [2.45, 2.75) is 33.9 Å². The molecule has 3 aromatic heterocycles. The molecule has 3 rings (SSSR count). The molecule has 0 saturated carbocycles. The van der Waals surface area contributed by atoms with Crippen LogP contribution in [-0.2, 0) is 17.9 Å². The molecule has 0 aliphatic carbocycles. The Labute approximate surface area is 168 Å². The Hall–Kier alpha value is -2.89. The third-order valence-electron chi connectivity index (χ3n) is 4.60. The lowest BCUT2D eigenvalue weighted by molar-refractivity contribution is -0.117. The molecule has 0 bridgehead atoms. The molecule has 8 heteroatoms. The zero-order chi connectivity index (χ0) is 20.3. The molecule has 0 saturated heterocycles. The van der Waals surface area contributed by atoms with Gasteiger partial charge in [-0.15, -0.1) is 11.3 Å². The number of nitrogens with zero attached hydrogens (tertiary/aromatic N) is 4. The first-order chi connectivity index (χ1) is 13.4. The van der Waals surface area contributed by atoms with E-state index < -0.39 is 0 Å². The molecule has 0 fully saturated rings. The van der Waals surface area contributed by atoms with Crippen LogP contribution in [0.15, 0.2) is 28.2 Å². The normalized spacial score (nSPS) is 11.0. The number of rotatable bonds is 7. The molecule has 0 unspecified atom stereocenters. The first-order valence-electron chi connectivity index (χ1n) is 8.90. The fraction of sp³-hybridized carbons (Fsp3) is 0.350. The molecule has 0 aliphatic rings. The summed E-state index contributed by atoms with van der Waals surface area (Å²) in [6.45, 7) is 7.02. The van der Waals surface area contributed by atoms with Gasteiger partial charge in [0.1, 0.15) is 17.6 Å². The number of furan rings is 1. The van der Waals surface area contributed by atoms with Gasteiger partial charge in [-0.05, 0) is 45.5 Å². The monoisotopic (exact) mass is 397 g/mol. The molecule has 28 heavy (non-hydrogen) atoms. The Morgan fingerprint density at radius 2 is 2.21 bits per heavy atom. The van der Waals surface area contributed by atoms with Crippen molar-refractivity contribution >= 4 is 23.1 Å². The van der Waals surface area contributed by atoms with E-state index in [0.29, 0.717) is 24.5 Å². The van der Waals surface area contributed by atoms with Crippen LogP contribution in [0.3, 0.4) is 0 Å². The number of nitrogens with one attached hydrogen (secondary N) is 1. The number of likely N-dealkylation sites (N-methyl/N-ethyl adjacent to an activating group) is 1. The number of aromatic nitrogens is 2. The highest BCUT2D eigenvalue weighted by Gasteiger charge is 2.21. The molecular formula is C20H23N5O2S. The van der Waals surface area contributed by atoms with E-state index in [1.165, 1.54) is 0 Å². The van der Waals surface area contributed by atoms with Gasteiger partial charge in [-0.1, -0.05) is 0 Å². The Morgan fingerprint density at radius 1 is 1.43 bits per heavy atom. The number of carbonyl (C=O) groups excluding carboxylic acids is 1. The molecule has 3 heterocycles. The van der Waals surface area contributed by atoms with Gasteiger partial charge in [0.05, 0.1) is 35.6 Å². The Bertz CT molecular complexity index is 1010. The van der Waals surface area contributed by atoms with Gasteiger partial charge in [0.2, 0.25) is 5.91 Å². The summed E-state index contributed by atoms with van der Waals surface area (Å²) in [6, 6.07) is 5.91. The minimum atomic E-state index is -0.177. The summed E-state index contributed by atoms with van der Waals surface area (Å²) in [6.07, 6.45) is 1.61. The third kappa shape index (κ3) is 4.32. The standard InChI is InChI=1S/C20H23N5O2S/c1-13-14(2)25(10-17-6-5-7-27-17)20(18(13)8-21)23-19(26)11-24(4)9-16-12-28-15(3)22-16/h5-7,12H,9-11H2,1-4H3,(H,23,26). The number of nitriles is 1. The number of aryl methyl sites for hydroxylation is 1. The maximum Gasteiger partial charge on any atom is 0.239 e. The molecule has 0 aliphatic heterocycles. The molecule has 7 nitrogen and oxygen atoms in total. The van der Waals surface area contributed by atoms with Gasteiger partial charge >= 0.3 is 0 Å². The number of anilines is 1. The van der Waals surface area contributed by atoms with Gasteiger partial charge < -0.3 is 14.3 Å². The summed E-state index contributed by atoms with van der Waals surface area (Å²) in [7, 11) is 1.87. The van der Waals surface area contributed by atoms with E-state index >= 15 is 0 Å². The lowest BCUT2D eigenvalue weighted by Crippen LogP contribution is -2.31. The SMILES string of the molecule is Cc1nc(CN(C)CC(=O)Nc2c(C#N)c(C)c(C)n2Cc2ccco2)cs1. The van der Waals surface area contributed by atoms with Crippen LogP contribution in [0.1, 0.15) is 33.3 Å². The van der Waals surface area contributed by atoms with Crippen molar-refractivity contribution in [1.82, 2.24) is 14.5 Å². The summed E-state index contributed by atoms with van der Waals surface area (Å²) >= 11 is 1.59. The highest BCUT2D eigenvalue weighted by atomic mass is 32.1. The van der Waals surface area contributed by atoms with Gasteiger partial charge in [-0.3, -0.25) is 9.69 Å². The first-order valence-corrected chi connectivity index (χ1v) is 9.78. The summed E-state index contributed by atoms with van der Waals surface area (Å²) in [5, 5.41) is 15.5. The fourth-order valence-corrected chi connectivity index (χ4v) is 3.72. The number of thiazole rings is 1. The summed E-state index contributed by atoms with van der Waals surface area (Å²) in [4.78, 5) is 19.0. The maximum atomic E-state index is 12.6. The minimum absolute atomic E-state index is 0.177. The maximum absolute atomic E-state index is 12.6. The Morgan fingerprint density at radius 3 is 2.82 bits per heavy atom. The van der Waals surface area contributed by atoms with Crippen molar-refractivity contribution in [3.8, 4) is 6.07 Å². The average Bonchev–Trinajstić information content (AvgIpc) is 3.34. The van der Waals surface area contributed by atoms with Crippen LogP contribution in [0.25, 0.3) is 0 Å². The van der Waals surface area contributed by atoms with Gasteiger partial charge in [0.15, 0.2) is 0 Å². The van der Waals surface area contributed by atoms with Crippen LogP contribution in [0, 0.1) is 32.1 Å². The molecule has 146 valence electrons. The van der Waals surface area contributed by atoms with Gasteiger partial charge in [-0.25, -0.2) is 4.98 Å². The largest absolute Gasteiger partial charge is 0.467 e. The molecule has 0 atom stereocenters. The van der Waals surface area contributed by atoms with E-state index in [1.807, 2.05) is 54.8 Å². The number of carbonyl (C=O) groups is 1. The zero-order valence-electron chi connectivity index (χ0n) is 16.4. The minimum Gasteiger partial charge on any atom is -0.467 e. The molecule has 1 amide bonds. The Kier molecular flexibility index (Phi) is 5.97. The number of hydrogen-bond donors (Lipinski definition) is 1. The zero-order valence-corrected chi connectivity index (χ0v) is 17.3. The van der Waals surface area contributed by atoms with Gasteiger partial charge in [0.25, 0.3) is 0 Å². The average molecular weight is 398 g/mol. The molecule has 0 spiro atoms. The van der Waals surface area contributed by atoms with Gasteiger partial charge in [-0.2, -0.15) is 5.26 Å². The van der Waals surface area contributed by atoms with Crippen molar-refractivity contribution in [3.05, 3.63) is 57.1 Å². The van der Waals surface area contributed by atoms with Gasteiger partial charge in [0, 0.05) is 17.6 Å². The predicted octanol–water partition coefficient (Wildman–Crippen LogP) is 3.45. The number of amides is 1.